The average molecular weight is 452 g/mol. The number of rotatable bonds is 7. The molecule has 0 aliphatic carbocycles. The number of allylic oxidation sites excluding steroid dienone is 1. The summed E-state index contributed by atoms with van der Waals surface area (Å²) in [6, 6.07) is 9.40. The zero-order valence-corrected chi connectivity index (χ0v) is 16.4. The van der Waals surface area contributed by atoms with Crippen LogP contribution < -0.4 is 9.47 Å². The molecular weight excluding hydrogens is 438 g/mol. The lowest BCUT2D eigenvalue weighted by molar-refractivity contribution is 0.104. The molecule has 0 aliphatic heterocycles. The zero-order chi connectivity index (χ0) is 23.4. The van der Waals surface area contributed by atoms with Crippen molar-refractivity contribution in [3.63, 3.8) is 0 Å². The minimum atomic E-state index is -2.29. The summed E-state index contributed by atoms with van der Waals surface area (Å²) in [5, 5.41) is 0. The van der Waals surface area contributed by atoms with Gasteiger partial charge in [0.2, 0.25) is 29.1 Å². The molecule has 3 aromatic carbocycles. The number of benzene rings is 3. The Morgan fingerprint density at radius 3 is 2.03 bits per heavy atom. The van der Waals surface area contributed by atoms with Crippen LogP contribution >= 0.6 is 0 Å². The lowest BCUT2D eigenvalue weighted by Gasteiger charge is -2.13. The number of ketones is 1. The molecule has 0 aromatic heterocycles. The maximum Gasteiger partial charge on any atom is 0.207 e. The summed E-state index contributed by atoms with van der Waals surface area (Å²) < 4.78 is 90.4. The van der Waals surface area contributed by atoms with Crippen LogP contribution in [-0.2, 0) is 6.61 Å². The van der Waals surface area contributed by atoms with E-state index in [-0.39, 0.29) is 16.9 Å². The van der Waals surface area contributed by atoms with Crippen molar-refractivity contribution in [1.29, 1.82) is 0 Å². The van der Waals surface area contributed by atoms with E-state index in [2.05, 4.69) is 0 Å². The van der Waals surface area contributed by atoms with Crippen molar-refractivity contribution in [3.05, 3.63) is 100 Å². The molecule has 0 saturated heterocycles. The topological polar surface area (TPSA) is 35.5 Å². The van der Waals surface area contributed by atoms with E-state index >= 15 is 0 Å². The number of carbonyl (C=O) groups is 1. The second-order valence-electron chi connectivity index (χ2n) is 6.46. The van der Waals surface area contributed by atoms with Crippen LogP contribution in [0.4, 0.5) is 26.3 Å². The van der Waals surface area contributed by atoms with Crippen molar-refractivity contribution in [2.24, 2.45) is 0 Å². The first kappa shape index (κ1) is 22.9. The van der Waals surface area contributed by atoms with Gasteiger partial charge in [0, 0.05) is 11.1 Å². The van der Waals surface area contributed by atoms with E-state index in [0.29, 0.717) is 5.56 Å². The standard InChI is InChI=1S/C23H14F6O3/c1-31-17-9-3-12(2-8-16(30)13-4-6-15(24)7-5-13)10-14(17)11-32-23-21(28)19(26)18(25)20(27)22(23)29/h2-10H,11H2,1H3/b8-2+. The lowest BCUT2D eigenvalue weighted by atomic mass is 10.1. The largest absolute Gasteiger partial charge is 0.496 e. The molecule has 0 bridgehead atoms. The van der Waals surface area contributed by atoms with Gasteiger partial charge in [-0.25, -0.2) is 17.6 Å². The fraction of sp³-hybridized carbons (Fsp3) is 0.0870. The molecular formula is C23H14F6O3. The lowest BCUT2D eigenvalue weighted by Crippen LogP contribution is -2.07. The number of ether oxygens (including phenoxy) is 2. The van der Waals surface area contributed by atoms with Crippen molar-refractivity contribution in [3.8, 4) is 11.5 Å². The Kier molecular flexibility index (Phi) is 6.87. The Labute approximate surface area is 178 Å². The molecule has 0 aliphatic rings. The summed E-state index contributed by atoms with van der Waals surface area (Å²) in [6.45, 7) is -0.588. The van der Waals surface area contributed by atoms with Gasteiger partial charge < -0.3 is 9.47 Å². The smallest absolute Gasteiger partial charge is 0.207 e. The number of hydrogen-bond acceptors (Lipinski definition) is 3. The maximum atomic E-state index is 13.8. The van der Waals surface area contributed by atoms with Crippen molar-refractivity contribution in [1.82, 2.24) is 0 Å². The van der Waals surface area contributed by atoms with E-state index in [1.54, 1.807) is 6.07 Å². The summed E-state index contributed by atoms with van der Waals surface area (Å²) in [7, 11) is 1.31. The molecule has 0 fully saturated rings. The normalized spacial score (nSPS) is 11.1. The highest BCUT2D eigenvalue weighted by Gasteiger charge is 2.27. The predicted molar refractivity (Wildman–Crippen MR) is 103 cm³/mol. The number of carbonyl (C=O) groups excluding carboxylic acids is 1. The Morgan fingerprint density at radius 2 is 1.44 bits per heavy atom. The Balaban J connectivity index is 1.83. The van der Waals surface area contributed by atoms with E-state index in [9.17, 15) is 31.1 Å². The van der Waals surface area contributed by atoms with Gasteiger partial charge in [-0.15, -0.1) is 0 Å². The van der Waals surface area contributed by atoms with Gasteiger partial charge >= 0.3 is 0 Å². The van der Waals surface area contributed by atoms with Gasteiger partial charge in [-0.3, -0.25) is 4.79 Å². The van der Waals surface area contributed by atoms with Gasteiger partial charge in [0.05, 0.1) is 7.11 Å². The molecule has 3 nitrogen and oxygen atoms in total. The fourth-order valence-corrected chi connectivity index (χ4v) is 2.76. The van der Waals surface area contributed by atoms with Crippen LogP contribution in [0.1, 0.15) is 21.5 Å². The molecule has 3 aromatic rings. The van der Waals surface area contributed by atoms with Gasteiger partial charge in [-0.2, -0.15) is 8.78 Å². The fourth-order valence-electron chi connectivity index (χ4n) is 2.76. The maximum absolute atomic E-state index is 13.8. The number of methoxy groups -OCH3 is 1. The van der Waals surface area contributed by atoms with Gasteiger partial charge in [0.25, 0.3) is 0 Å². The van der Waals surface area contributed by atoms with Gasteiger partial charge in [-0.1, -0.05) is 12.1 Å². The molecule has 0 N–H and O–H groups in total. The molecule has 0 unspecified atom stereocenters. The molecule has 0 spiro atoms. The summed E-state index contributed by atoms with van der Waals surface area (Å²) in [5.74, 6) is -12.8. The first-order chi connectivity index (χ1) is 15.2. The van der Waals surface area contributed by atoms with Gasteiger partial charge in [0.1, 0.15) is 18.2 Å². The molecule has 0 atom stereocenters. The number of halogens is 6. The van der Waals surface area contributed by atoms with E-state index < -0.39 is 53.0 Å². The van der Waals surface area contributed by atoms with Crippen LogP contribution in [0.25, 0.3) is 6.08 Å². The summed E-state index contributed by atoms with van der Waals surface area (Å²) in [6.07, 6.45) is 2.65. The molecule has 0 radical (unpaired) electrons. The highest BCUT2D eigenvalue weighted by Crippen LogP contribution is 2.31. The van der Waals surface area contributed by atoms with Crippen molar-refractivity contribution < 1.29 is 40.6 Å². The van der Waals surface area contributed by atoms with Crippen LogP contribution in [0.5, 0.6) is 11.5 Å². The third kappa shape index (κ3) is 4.77. The highest BCUT2D eigenvalue weighted by atomic mass is 19.2. The Bertz CT molecular complexity index is 1160. The molecule has 0 heterocycles. The molecule has 0 saturated carbocycles. The number of hydrogen-bond donors (Lipinski definition) is 0. The second-order valence-corrected chi connectivity index (χ2v) is 6.46. The second kappa shape index (κ2) is 9.59. The predicted octanol–water partition coefficient (Wildman–Crippen LogP) is 6.00. The third-order valence-electron chi connectivity index (χ3n) is 4.40. The van der Waals surface area contributed by atoms with Crippen LogP contribution in [0.15, 0.2) is 48.5 Å². The zero-order valence-electron chi connectivity index (χ0n) is 16.4. The molecule has 166 valence electrons. The van der Waals surface area contributed by atoms with Crippen LogP contribution in [0.3, 0.4) is 0 Å². The van der Waals surface area contributed by atoms with E-state index in [0.717, 1.165) is 12.1 Å². The van der Waals surface area contributed by atoms with E-state index in [1.165, 1.54) is 43.5 Å². The van der Waals surface area contributed by atoms with Gasteiger partial charge in [0.15, 0.2) is 11.5 Å². The van der Waals surface area contributed by atoms with E-state index in [1.807, 2.05) is 0 Å². The molecule has 32 heavy (non-hydrogen) atoms. The first-order valence-corrected chi connectivity index (χ1v) is 9.02. The van der Waals surface area contributed by atoms with Crippen LogP contribution in [0, 0.1) is 34.9 Å². The monoisotopic (exact) mass is 452 g/mol. The quantitative estimate of drug-likeness (QED) is 0.145. The molecule has 3 rings (SSSR count). The Hall–Kier alpha value is -3.75. The highest BCUT2D eigenvalue weighted by molar-refractivity contribution is 6.06. The van der Waals surface area contributed by atoms with Crippen molar-refractivity contribution in [2.45, 2.75) is 6.61 Å². The first-order valence-electron chi connectivity index (χ1n) is 9.02. The third-order valence-corrected chi connectivity index (χ3v) is 4.40. The summed E-state index contributed by atoms with van der Waals surface area (Å²) >= 11 is 0. The SMILES string of the molecule is COc1ccc(/C=C/C(=O)c2ccc(F)cc2)cc1COc1c(F)c(F)c(F)c(F)c1F. The Morgan fingerprint density at radius 1 is 0.844 bits per heavy atom. The minimum Gasteiger partial charge on any atom is -0.496 e. The molecule has 9 heteroatoms. The van der Waals surface area contributed by atoms with E-state index in [4.69, 9.17) is 9.47 Å². The van der Waals surface area contributed by atoms with Crippen LogP contribution in [0.2, 0.25) is 0 Å². The average Bonchev–Trinajstić information content (AvgIpc) is 2.80. The summed E-state index contributed by atoms with van der Waals surface area (Å²) in [4.78, 5) is 12.2. The van der Waals surface area contributed by atoms with Crippen molar-refractivity contribution >= 4 is 11.9 Å². The van der Waals surface area contributed by atoms with Gasteiger partial charge in [-0.05, 0) is 48.0 Å². The van der Waals surface area contributed by atoms with Crippen LogP contribution in [-0.4, -0.2) is 12.9 Å². The summed E-state index contributed by atoms with van der Waals surface area (Å²) in [5.41, 5.74) is 0.927. The molecule has 0 amide bonds. The minimum absolute atomic E-state index is 0.216. The van der Waals surface area contributed by atoms with Crippen molar-refractivity contribution in [2.75, 3.05) is 7.11 Å².